The van der Waals surface area contributed by atoms with Gasteiger partial charge in [-0.3, -0.25) is 0 Å². The fourth-order valence-corrected chi connectivity index (χ4v) is 4.66. The maximum atomic E-state index is 12.7. The van der Waals surface area contributed by atoms with Crippen molar-refractivity contribution >= 4 is 37.6 Å². The molecule has 0 amide bonds. The van der Waals surface area contributed by atoms with Crippen LogP contribution in [0.15, 0.2) is 21.5 Å². The molecule has 1 aliphatic rings. The first-order valence-electron chi connectivity index (χ1n) is 6.21. The average molecular weight is 367 g/mol. The summed E-state index contributed by atoms with van der Waals surface area (Å²) in [6.45, 7) is 1.81. The van der Waals surface area contributed by atoms with Crippen LogP contribution in [0.5, 0.6) is 0 Å². The zero-order valence-electron chi connectivity index (χ0n) is 11.0. The molecule has 0 bridgehead atoms. The molecule has 2 rings (SSSR count). The van der Waals surface area contributed by atoms with Crippen molar-refractivity contribution in [2.75, 3.05) is 7.05 Å². The number of rotatable bonds is 4. The van der Waals surface area contributed by atoms with Crippen molar-refractivity contribution in [1.82, 2.24) is 4.31 Å². The Morgan fingerprint density at radius 2 is 2.05 bits per heavy atom. The smallest absolute Gasteiger partial charge is 0.207 e. The van der Waals surface area contributed by atoms with Crippen molar-refractivity contribution in [1.29, 1.82) is 0 Å². The topological polar surface area (TPSA) is 37.4 Å². The molecule has 0 N–H and O–H groups in total. The van der Waals surface area contributed by atoms with Crippen molar-refractivity contribution in [2.45, 2.75) is 43.0 Å². The number of alkyl halides is 1. The molecule has 0 atom stereocenters. The maximum absolute atomic E-state index is 12.7. The molecule has 0 aromatic heterocycles. The van der Waals surface area contributed by atoms with Crippen molar-refractivity contribution in [3.8, 4) is 0 Å². The van der Waals surface area contributed by atoms with E-state index in [-0.39, 0.29) is 6.04 Å². The summed E-state index contributed by atoms with van der Waals surface area (Å²) in [5.74, 6) is 0.300. The van der Waals surface area contributed by atoms with E-state index in [1.54, 1.807) is 13.1 Å². The third-order valence-corrected chi connectivity index (χ3v) is 6.93. The van der Waals surface area contributed by atoms with E-state index in [9.17, 15) is 8.42 Å². The van der Waals surface area contributed by atoms with Crippen molar-refractivity contribution in [3.05, 3.63) is 27.7 Å². The minimum Gasteiger partial charge on any atom is -0.207 e. The molecule has 6 heteroatoms. The molecule has 3 nitrogen and oxygen atoms in total. The molecule has 0 heterocycles. The fraction of sp³-hybridized carbons (Fsp3) is 0.538. The predicted molar refractivity (Wildman–Crippen MR) is 81.0 cm³/mol. The molecule has 1 fully saturated rings. The molecule has 19 heavy (non-hydrogen) atoms. The van der Waals surface area contributed by atoms with Gasteiger partial charge >= 0.3 is 0 Å². The van der Waals surface area contributed by atoms with E-state index in [4.69, 9.17) is 11.6 Å². The van der Waals surface area contributed by atoms with Crippen LogP contribution in [-0.4, -0.2) is 25.8 Å². The van der Waals surface area contributed by atoms with Crippen LogP contribution in [0.25, 0.3) is 0 Å². The lowest BCUT2D eigenvalue weighted by Crippen LogP contribution is -2.41. The Bertz CT molecular complexity index is 585. The van der Waals surface area contributed by atoms with Crippen LogP contribution >= 0.6 is 27.5 Å². The van der Waals surface area contributed by atoms with Gasteiger partial charge in [0.1, 0.15) is 0 Å². The number of hydrogen-bond acceptors (Lipinski definition) is 2. The SMILES string of the molecule is Cc1c(Br)cc(CCl)cc1S(=O)(=O)N(C)C1CCC1. The van der Waals surface area contributed by atoms with E-state index in [0.29, 0.717) is 10.8 Å². The first-order valence-corrected chi connectivity index (χ1v) is 8.97. The van der Waals surface area contributed by atoms with E-state index < -0.39 is 10.0 Å². The lowest BCUT2D eigenvalue weighted by atomic mass is 9.94. The number of hydrogen-bond donors (Lipinski definition) is 0. The summed E-state index contributed by atoms with van der Waals surface area (Å²) in [4.78, 5) is 0.354. The Kier molecular flexibility index (Phi) is 4.60. The zero-order chi connectivity index (χ0) is 14.2. The normalized spacial score (nSPS) is 16.7. The first kappa shape index (κ1) is 15.3. The van der Waals surface area contributed by atoms with Gasteiger partial charge in [-0.25, -0.2) is 8.42 Å². The van der Waals surface area contributed by atoms with Crippen LogP contribution < -0.4 is 0 Å². The number of halogens is 2. The Labute approximate surface area is 128 Å². The lowest BCUT2D eigenvalue weighted by molar-refractivity contribution is 0.249. The highest BCUT2D eigenvalue weighted by molar-refractivity contribution is 9.10. The van der Waals surface area contributed by atoms with Crippen LogP contribution in [-0.2, 0) is 15.9 Å². The highest BCUT2D eigenvalue weighted by atomic mass is 79.9. The van der Waals surface area contributed by atoms with Gasteiger partial charge in [0.2, 0.25) is 10.0 Å². The molecule has 106 valence electrons. The third-order valence-electron chi connectivity index (χ3n) is 3.76. The minimum atomic E-state index is -3.44. The van der Waals surface area contributed by atoms with Gasteiger partial charge in [-0.2, -0.15) is 4.31 Å². The van der Waals surface area contributed by atoms with E-state index in [1.807, 2.05) is 13.0 Å². The monoisotopic (exact) mass is 365 g/mol. The van der Waals surface area contributed by atoms with Gasteiger partial charge in [0.25, 0.3) is 0 Å². The fourth-order valence-electron chi connectivity index (χ4n) is 2.15. The molecular formula is C13H17BrClNO2S. The number of nitrogens with zero attached hydrogens (tertiary/aromatic N) is 1. The van der Waals surface area contributed by atoms with Crippen molar-refractivity contribution in [3.63, 3.8) is 0 Å². The summed E-state index contributed by atoms with van der Waals surface area (Å²) < 4.78 is 27.6. The molecule has 1 saturated carbocycles. The standard InChI is InChI=1S/C13H17BrClNO2S/c1-9-12(14)6-10(8-15)7-13(9)19(17,18)16(2)11-4-3-5-11/h6-7,11H,3-5,8H2,1-2H3. The van der Waals surface area contributed by atoms with E-state index in [1.165, 1.54) is 4.31 Å². The Morgan fingerprint density at radius 1 is 1.42 bits per heavy atom. The minimum absolute atomic E-state index is 0.142. The van der Waals surface area contributed by atoms with E-state index >= 15 is 0 Å². The van der Waals surface area contributed by atoms with Gasteiger partial charge in [0, 0.05) is 23.4 Å². The largest absolute Gasteiger partial charge is 0.243 e. The second-order valence-corrected chi connectivity index (χ2v) is 8.03. The molecule has 0 radical (unpaired) electrons. The summed E-state index contributed by atoms with van der Waals surface area (Å²) in [6.07, 6.45) is 3.01. The van der Waals surface area contributed by atoms with Gasteiger partial charge in [-0.1, -0.05) is 22.4 Å². The van der Waals surface area contributed by atoms with Crippen LogP contribution in [0.4, 0.5) is 0 Å². The van der Waals surface area contributed by atoms with Crippen LogP contribution in [0.1, 0.15) is 30.4 Å². The van der Waals surface area contributed by atoms with Gasteiger partial charge in [0.05, 0.1) is 4.90 Å². The highest BCUT2D eigenvalue weighted by Gasteiger charge is 2.33. The quantitative estimate of drug-likeness (QED) is 0.762. The van der Waals surface area contributed by atoms with E-state index in [2.05, 4.69) is 15.9 Å². The van der Waals surface area contributed by atoms with Crippen LogP contribution in [0.2, 0.25) is 0 Å². The zero-order valence-corrected chi connectivity index (χ0v) is 14.1. The lowest BCUT2D eigenvalue weighted by Gasteiger charge is -2.34. The van der Waals surface area contributed by atoms with Crippen molar-refractivity contribution < 1.29 is 8.42 Å². The molecule has 0 aliphatic heterocycles. The van der Waals surface area contributed by atoms with Crippen LogP contribution in [0, 0.1) is 6.92 Å². The van der Waals surface area contributed by atoms with Crippen molar-refractivity contribution in [2.24, 2.45) is 0 Å². The summed E-state index contributed by atoms with van der Waals surface area (Å²) in [5, 5.41) is 0. The second-order valence-electron chi connectivity index (χ2n) is 4.94. The molecule has 1 aromatic rings. The highest BCUT2D eigenvalue weighted by Crippen LogP contribution is 2.32. The van der Waals surface area contributed by atoms with E-state index in [0.717, 1.165) is 34.9 Å². The van der Waals surface area contributed by atoms with Gasteiger partial charge in [-0.05, 0) is 43.0 Å². The molecule has 0 unspecified atom stereocenters. The number of benzene rings is 1. The van der Waals surface area contributed by atoms with Gasteiger partial charge in [-0.15, -0.1) is 11.6 Å². The molecule has 0 saturated heterocycles. The molecule has 1 aliphatic carbocycles. The third kappa shape index (κ3) is 2.84. The molecule has 1 aromatic carbocycles. The van der Waals surface area contributed by atoms with Gasteiger partial charge < -0.3 is 0 Å². The summed E-state index contributed by atoms with van der Waals surface area (Å²) in [5.41, 5.74) is 1.54. The second kappa shape index (κ2) is 5.72. The number of sulfonamides is 1. The Morgan fingerprint density at radius 3 is 2.53 bits per heavy atom. The summed E-state index contributed by atoms with van der Waals surface area (Å²) >= 11 is 9.23. The van der Waals surface area contributed by atoms with Gasteiger partial charge in [0.15, 0.2) is 0 Å². The molecular weight excluding hydrogens is 350 g/mol. The maximum Gasteiger partial charge on any atom is 0.243 e. The Hall–Kier alpha value is -0.100. The summed E-state index contributed by atoms with van der Waals surface area (Å²) in [6, 6.07) is 3.69. The Balaban J connectivity index is 2.47. The van der Waals surface area contributed by atoms with Crippen LogP contribution in [0.3, 0.4) is 0 Å². The average Bonchev–Trinajstić information content (AvgIpc) is 2.29. The predicted octanol–water partition coefficient (Wildman–Crippen LogP) is 3.67. The summed E-state index contributed by atoms with van der Waals surface area (Å²) in [7, 11) is -1.77. The molecule has 0 spiro atoms. The first-order chi connectivity index (χ1) is 8.87.